The number of carbonyl (C=O) groups is 2. The molecule has 4 rings (SSSR count). The second kappa shape index (κ2) is 7.94. The van der Waals surface area contributed by atoms with Crippen LogP contribution in [0.5, 0.6) is 0 Å². The maximum Gasteiger partial charge on any atom is 0.310 e. The Bertz CT molecular complexity index is 1120. The fourth-order valence-corrected chi connectivity index (χ4v) is 4.31. The number of benzene rings is 1. The largest absolute Gasteiger partial charge is 0.457 e. The van der Waals surface area contributed by atoms with E-state index in [1.165, 1.54) is 17.5 Å². The summed E-state index contributed by atoms with van der Waals surface area (Å²) in [5, 5.41) is 3.83. The lowest BCUT2D eigenvalue weighted by Gasteiger charge is -2.12. The number of nitrogens with zero attached hydrogens (tertiary/aromatic N) is 2. The molecule has 1 aliphatic carbocycles. The molecule has 0 N–H and O–H groups in total. The van der Waals surface area contributed by atoms with Gasteiger partial charge in [0.05, 0.1) is 12.1 Å². The third kappa shape index (κ3) is 3.70. The summed E-state index contributed by atoms with van der Waals surface area (Å²) in [5.74, 6) is -0.0820. The zero-order valence-electron chi connectivity index (χ0n) is 17.9. The minimum atomic E-state index is -0.467. The zero-order valence-corrected chi connectivity index (χ0v) is 17.9. The molecule has 156 valence electrons. The van der Waals surface area contributed by atoms with Crippen LogP contribution in [-0.2, 0) is 28.8 Å². The minimum absolute atomic E-state index is 0.0442. The number of esters is 1. The molecule has 1 aliphatic rings. The second-order valence-corrected chi connectivity index (χ2v) is 7.99. The average Bonchev–Trinajstić information content (AvgIpc) is 3.39. The van der Waals surface area contributed by atoms with E-state index in [0.717, 1.165) is 29.9 Å². The normalized spacial score (nSPS) is 12.8. The molecule has 0 fully saturated rings. The van der Waals surface area contributed by atoms with E-state index in [-0.39, 0.29) is 18.8 Å². The molecular weight excluding hydrogens is 380 g/mol. The van der Waals surface area contributed by atoms with Gasteiger partial charge in [-0.15, -0.1) is 0 Å². The van der Waals surface area contributed by atoms with Crippen molar-refractivity contribution in [1.82, 2.24) is 9.72 Å². The molecule has 0 aliphatic heterocycles. The number of carbonyl (C=O) groups excluding carboxylic acids is 2. The van der Waals surface area contributed by atoms with Crippen LogP contribution in [0.4, 0.5) is 0 Å². The van der Waals surface area contributed by atoms with Crippen LogP contribution in [0.2, 0.25) is 0 Å². The number of aromatic nitrogens is 2. The Labute approximate surface area is 175 Å². The van der Waals surface area contributed by atoms with Crippen molar-refractivity contribution in [3.63, 3.8) is 0 Å². The van der Waals surface area contributed by atoms with Crippen molar-refractivity contribution in [3.8, 4) is 5.69 Å². The van der Waals surface area contributed by atoms with E-state index in [1.807, 2.05) is 19.9 Å². The molecule has 1 aromatic carbocycles. The number of ether oxygens (including phenoxy) is 1. The molecule has 0 spiro atoms. The zero-order chi connectivity index (χ0) is 21.4. The van der Waals surface area contributed by atoms with Gasteiger partial charge >= 0.3 is 5.97 Å². The molecule has 0 saturated carbocycles. The lowest BCUT2D eigenvalue weighted by Crippen LogP contribution is -2.16. The summed E-state index contributed by atoms with van der Waals surface area (Å²) >= 11 is 0. The predicted molar refractivity (Wildman–Crippen MR) is 112 cm³/mol. The third-order valence-corrected chi connectivity index (χ3v) is 5.94. The highest BCUT2D eigenvalue weighted by molar-refractivity contribution is 5.99. The van der Waals surface area contributed by atoms with Gasteiger partial charge in [-0.1, -0.05) is 11.2 Å². The molecule has 0 bridgehead atoms. The number of hydrogen-bond donors (Lipinski definition) is 0. The van der Waals surface area contributed by atoms with Crippen LogP contribution in [0, 0.1) is 27.7 Å². The smallest absolute Gasteiger partial charge is 0.310 e. The molecule has 3 aromatic rings. The Morgan fingerprint density at radius 2 is 1.87 bits per heavy atom. The first kappa shape index (κ1) is 20.1. The standard InChI is InChI=1S/C24H26N2O4/c1-14-10-22(16(3)26(14)20-9-8-18-6-5-7-19(18)11-20)23(27)13-29-24(28)12-21-15(2)25-30-17(21)4/h8-11H,5-7,12-13H2,1-4H3. The van der Waals surface area contributed by atoms with E-state index in [2.05, 4.69) is 27.9 Å². The second-order valence-electron chi connectivity index (χ2n) is 7.99. The molecule has 30 heavy (non-hydrogen) atoms. The van der Waals surface area contributed by atoms with Gasteiger partial charge in [-0.2, -0.15) is 0 Å². The Kier molecular flexibility index (Phi) is 5.33. The van der Waals surface area contributed by atoms with E-state index in [0.29, 0.717) is 22.6 Å². The molecular formula is C24H26N2O4. The summed E-state index contributed by atoms with van der Waals surface area (Å²) in [7, 11) is 0. The average molecular weight is 406 g/mol. The fourth-order valence-electron chi connectivity index (χ4n) is 4.31. The summed E-state index contributed by atoms with van der Waals surface area (Å²) in [6.45, 7) is 7.16. The molecule has 0 atom stereocenters. The molecule has 0 amide bonds. The molecule has 6 heteroatoms. The highest BCUT2D eigenvalue weighted by Gasteiger charge is 2.20. The molecule has 2 heterocycles. The van der Waals surface area contributed by atoms with Crippen molar-refractivity contribution in [2.24, 2.45) is 0 Å². The monoisotopic (exact) mass is 406 g/mol. The number of Topliss-reactive ketones (excluding diaryl/α,β-unsaturated/α-hetero) is 1. The Morgan fingerprint density at radius 3 is 2.60 bits per heavy atom. The van der Waals surface area contributed by atoms with Crippen LogP contribution < -0.4 is 0 Å². The van der Waals surface area contributed by atoms with Gasteiger partial charge in [0.15, 0.2) is 6.61 Å². The van der Waals surface area contributed by atoms with Crippen LogP contribution in [0.15, 0.2) is 28.8 Å². The number of hydrogen-bond acceptors (Lipinski definition) is 5. The Balaban J connectivity index is 1.47. The third-order valence-electron chi connectivity index (χ3n) is 5.94. The molecule has 0 unspecified atom stereocenters. The first-order valence-corrected chi connectivity index (χ1v) is 10.3. The van der Waals surface area contributed by atoms with E-state index < -0.39 is 5.97 Å². The van der Waals surface area contributed by atoms with Crippen molar-refractivity contribution < 1.29 is 18.8 Å². The number of ketones is 1. The lowest BCUT2D eigenvalue weighted by molar-refractivity contribution is -0.141. The van der Waals surface area contributed by atoms with Crippen molar-refractivity contribution in [2.75, 3.05) is 6.61 Å². The van der Waals surface area contributed by atoms with Crippen LogP contribution >= 0.6 is 0 Å². The predicted octanol–water partition coefficient (Wildman–Crippen LogP) is 4.16. The van der Waals surface area contributed by atoms with Gasteiger partial charge in [-0.05, 0) is 76.3 Å². The van der Waals surface area contributed by atoms with Crippen LogP contribution in [0.3, 0.4) is 0 Å². The maximum absolute atomic E-state index is 12.8. The van der Waals surface area contributed by atoms with Gasteiger partial charge in [-0.3, -0.25) is 9.59 Å². The van der Waals surface area contributed by atoms with Gasteiger partial charge in [-0.25, -0.2) is 0 Å². The molecule has 0 saturated heterocycles. The summed E-state index contributed by atoms with van der Waals surface area (Å²) < 4.78 is 12.4. The topological polar surface area (TPSA) is 74.3 Å². The number of rotatable bonds is 6. The van der Waals surface area contributed by atoms with Crippen LogP contribution in [0.25, 0.3) is 5.69 Å². The molecule has 6 nitrogen and oxygen atoms in total. The quantitative estimate of drug-likeness (QED) is 0.454. The Morgan fingerprint density at radius 1 is 1.10 bits per heavy atom. The summed E-state index contributed by atoms with van der Waals surface area (Å²) in [6.07, 6.45) is 3.49. The molecule has 0 radical (unpaired) electrons. The number of aryl methyl sites for hydroxylation is 5. The van der Waals surface area contributed by atoms with E-state index in [4.69, 9.17) is 9.26 Å². The lowest BCUT2D eigenvalue weighted by atomic mass is 10.1. The van der Waals surface area contributed by atoms with Gasteiger partial charge < -0.3 is 13.8 Å². The van der Waals surface area contributed by atoms with Crippen LogP contribution in [-0.4, -0.2) is 28.1 Å². The van der Waals surface area contributed by atoms with Crippen molar-refractivity contribution in [3.05, 3.63) is 69.4 Å². The minimum Gasteiger partial charge on any atom is -0.457 e. The SMILES string of the molecule is Cc1noc(C)c1CC(=O)OCC(=O)c1cc(C)n(-c2ccc3c(c2)CCC3)c1C. The van der Waals surface area contributed by atoms with Crippen molar-refractivity contribution >= 4 is 11.8 Å². The van der Waals surface area contributed by atoms with Crippen molar-refractivity contribution in [2.45, 2.75) is 53.4 Å². The van der Waals surface area contributed by atoms with Crippen molar-refractivity contribution in [1.29, 1.82) is 0 Å². The van der Waals surface area contributed by atoms with E-state index >= 15 is 0 Å². The summed E-state index contributed by atoms with van der Waals surface area (Å²) in [5.41, 5.74) is 7.67. The van der Waals surface area contributed by atoms with Gasteiger partial charge in [0.25, 0.3) is 0 Å². The van der Waals surface area contributed by atoms with Crippen LogP contribution in [0.1, 0.15) is 56.3 Å². The highest BCUT2D eigenvalue weighted by Crippen LogP contribution is 2.27. The maximum atomic E-state index is 12.8. The van der Waals surface area contributed by atoms with Gasteiger partial charge in [0, 0.05) is 28.2 Å². The number of fused-ring (bicyclic) bond motifs is 1. The Hall–Kier alpha value is -3.15. The molecule has 2 aromatic heterocycles. The van der Waals surface area contributed by atoms with E-state index in [1.54, 1.807) is 13.8 Å². The van der Waals surface area contributed by atoms with Gasteiger partial charge in [0.1, 0.15) is 5.76 Å². The highest BCUT2D eigenvalue weighted by atomic mass is 16.5. The van der Waals surface area contributed by atoms with Gasteiger partial charge in [0.2, 0.25) is 5.78 Å². The first-order valence-electron chi connectivity index (χ1n) is 10.3. The fraction of sp³-hybridized carbons (Fsp3) is 0.375. The summed E-state index contributed by atoms with van der Waals surface area (Å²) in [6, 6.07) is 8.39. The van der Waals surface area contributed by atoms with E-state index in [9.17, 15) is 9.59 Å². The summed E-state index contributed by atoms with van der Waals surface area (Å²) in [4.78, 5) is 25.0. The first-order chi connectivity index (χ1) is 14.3.